The summed E-state index contributed by atoms with van der Waals surface area (Å²) in [4.78, 5) is 11.0. The van der Waals surface area contributed by atoms with Crippen molar-refractivity contribution in [3.63, 3.8) is 0 Å². The maximum atomic E-state index is 11.0. The fourth-order valence-electron chi connectivity index (χ4n) is 2.07. The number of aromatic amines is 1. The molecule has 0 amide bonds. The molecule has 1 aromatic carbocycles. The van der Waals surface area contributed by atoms with E-state index in [4.69, 9.17) is 9.47 Å². The summed E-state index contributed by atoms with van der Waals surface area (Å²) in [5, 5.41) is 6.77. The molecule has 0 aliphatic heterocycles. The molecule has 20 heavy (non-hydrogen) atoms. The highest BCUT2D eigenvalue weighted by molar-refractivity contribution is 5.86. The molecule has 0 saturated heterocycles. The highest BCUT2D eigenvalue weighted by Crippen LogP contribution is 2.35. The van der Waals surface area contributed by atoms with E-state index in [1.54, 1.807) is 0 Å². The minimum absolute atomic E-state index is 0.528. The molecule has 5 heteroatoms. The van der Waals surface area contributed by atoms with Crippen LogP contribution in [0.5, 0.6) is 11.5 Å². The van der Waals surface area contributed by atoms with E-state index in [9.17, 15) is 4.79 Å². The van der Waals surface area contributed by atoms with Crippen LogP contribution in [0.1, 0.15) is 29.8 Å². The van der Waals surface area contributed by atoms with Crippen molar-refractivity contribution in [2.75, 3.05) is 13.2 Å². The Balaban J connectivity index is 2.54. The van der Waals surface area contributed by atoms with Gasteiger partial charge in [-0.1, -0.05) is 0 Å². The van der Waals surface area contributed by atoms with Crippen LogP contribution in [-0.4, -0.2) is 29.7 Å². The van der Waals surface area contributed by atoms with Gasteiger partial charge >= 0.3 is 0 Å². The Labute approximate surface area is 117 Å². The van der Waals surface area contributed by atoms with Crippen molar-refractivity contribution >= 4 is 6.29 Å². The van der Waals surface area contributed by atoms with Crippen LogP contribution in [0.3, 0.4) is 0 Å². The average molecular weight is 274 g/mol. The van der Waals surface area contributed by atoms with Gasteiger partial charge in [0.05, 0.1) is 30.7 Å². The van der Waals surface area contributed by atoms with Gasteiger partial charge in [-0.3, -0.25) is 9.89 Å². The SMILES string of the molecule is CCOc1cc(C)c(-c2[nH]ncc2C=O)cc1OCC. The molecule has 5 nitrogen and oxygen atoms in total. The Morgan fingerprint density at radius 3 is 2.45 bits per heavy atom. The molecule has 106 valence electrons. The maximum Gasteiger partial charge on any atom is 0.161 e. The fourth-order valence-corrected chi connectivity index (χ4v) is 2.07. The molecule has 2 aromatic rings. The molecular weight excluding hydrogens is 256 g/mol. The van der Waals surface area contributed by atoms with Gasteiger partial charge in [0.2, 0.25) is 0 Å². The van der Waals surface area contributed by atoms with Gasteiger partial charge in [0, 0.05) is 5.56 Å². The second-order valence-corrected chi connectivity index (χ2v) is 4.30. The van der Waals surface area contributed by atoms with Crippen molar-refractivity contribution in [2.45, 2.75) is 20.8 Å². The summed E-state index contributed by atoms with van der Waals surface area (Å²) in [7, 11) is 0. The monoisotopic (exact) mass is 274 g/mol. The number of aldehydes is 1. The molecule has 0 atom stereocenters. The summed E-state index contributed by atoms with van der Waals surface area (Å²) in [5.74, 6) is 1.38. The Morgan fingerprint density at radius 1 is 1.20 bits per heavy atom. The zero-order valence-electron chi connectivity index (χ0n) is 11.9. The molecule has 1 aromatic heterocycles. The molecule has 0 bridgehead atoms. The Bertz CT molecular complexity index is 605. The number of carbonyl (C=O) groups is 1. The van der Waals surface area contributed by atoms with Crippen LogP contribution in [0.4, 0.5) is 0 Å². The summed E-state index contributed by atoms with van der Waals surface area (Å²) in [6.07, 6.45) is 2.30. The highest BCUT2D eigenvalue weighted by Gasteiger charge is 2.14. The lowest BCUT2D eigenvalue weighted by molar-refractivity contribution is 0.112. The van der Waals surface area contributed by atoms with Crippen molar-refractivity contribution < 1.29 is 14.3 Å². The third-order valence-electron chi connectivity index (χ3n) is 2.96. The predicted octanol–water partition coefficient (Wildman–Crippen LogP) is 3.00. The normalized spacial score (nSPS) is 10.3. The first-order chi connectivity index (χ1) is 9.71. The molecule has 0 fully saturated rings. The Kier molecular flexibility index (Phi) is 4.40. The standard InChI is InChI=1S/C15H18N2O3/c1-4-19-13-6-10(3)12(7-14(13)20-5-2)15-11(9-18)8-16-17-15/h6-9H,4-5H2,1-3H3,(H,16,17). The molecule has 1 N–H and O–H groups in total. The lowest BCUT2D eigenvalue weighted by Gasteiger charge is -2.14. The number of rotatable bonds is 6. The Morgan fingerprint density at radius 2 is 1.85 bits per heavy atom. The second-order valence-electron chi connectivity index (χ2n) is 4.30. The van der Waals surface area contributed by atoms with Gasteiger partial charge in [0.15, 0.2) is 17.8 Å². The fraction of sp³-hybridized carbons (Fsp3) is 0.333. The van der Waals surface area contributed by atoms with Crippen molar-refractivity contribution in [1.29, 1.82) is 0 Å². The molecule has 0 spiro atoms. The molecule has 1 heterocycles. The average Bonchev–Trinajstić information content (AvgIpc) is 2.90. The van der Waals surface area contributed by atoms with E-state index in [1.807, 2.05) is 32.9 Å². The van der Waals surface area contributed by atoms with E-state index in [1.165, 1.54) is 6.20 Å². The van der Waals surface area contributed by atoms with E-state index in [0.29, 0.717) is 36.0 Å². The molecule has 2 rings (SSSR count). The number of ether oxygens (including phenoxy) is 2. The molecule has 0 aliphatic rings. The van der Waals surface area contributed by atoms with Crippen LogP contribution < -0.4 is 9.47 Å². The van der Waals surface area contributed by atoms with E-state index in [-0.39, 0.29) is 0 Å². The molecule has 0 saturated carbocycles. The molecule has 0 unspecified atom stereocenters. The summed E-state index contributed by atoms with van der Waals surface area (Å²) in [6, 6.07) is 3.80. The van der Waals surface area contributed by atoms with Crippen molar-refractivity contribution in [1.82, 2.24) is 10.2 Å². The summed E-state index contributed by atoms with van der Waals surface area (Å²) >= 11 is 0. The van der Waals surface area contributed by atoms with Crippen LogP contribution in [0.15, 0.2) is 18.3 Å². The van der Waals surface area contributed by atoms with Crippen LogP contribution in [0, 0.1) is 6.92 Å². The highest BCUT2D eigenvalue weighted by atomic mass is 16.5. The number of benzene rings is 1. The molecule has 0 aliphatic carbocycles. The number of H-pyrrole nitrogens is 1. The summed E-state index contributed by atoms with van der Waals surface area (Å²) < 4.78 is 11.2. The van der Waals surface area contributed by atoms with Crippen molar-refractivity contribution in [3.05, 3.63) is 29.5 Å². The largest absolute Gasteiger partial charge is 0.490 e. The quantitative estimate of drug-likeness (QED) is 0.822. The van der Waals surface area contributed by atoms with E-state index in [2.05, 4.69) is 10.2 Å². The van der Waals surface area contributed by atoms with Crippen LogP contribution >= 0.6 is 0 Å². The van der Waals surface area contributed by atoms with E-state index in [0.717, 1.165) is 17.4 Å². The number of aryl methyl sites for hydroxylation is 1. The van der Waals surface area contributed by atoms with Crippen LogP contribution in [0.2, 0.25) is 0 Å². The zero-order chi connectivity index (χ0) is 14.5. The summed E-state index contributed by atoms with van der Waals surface area (Å²) in [6.45, 7) is 6.93. The van der Waals surface area contributed by atoms with Crippen molar-refractivity contribution in [3.8, 4) is 22.8 Å². The minimum atomic E-state index is 0.528. The number of hydrogen-bond acceptors (Lipinski definition) is 4. The Hall–Kier alpha value is -2.30. The number of carbonyl (C=O) groups excluding carboxylic acids is 1. The smallest absolute Gasteiger partial charge is 0.161 e. The van der Waals surface area contributed by atoms with Gasteiger partial charge in [0.25, 0.3) is 0 Å². The molecule has 0 radical (unpaired) electrons. The lowest BCUT2D eigenvalue weighted by Crippen LogP contribution is -2.00. The lowest BCUT2D eigenvalue weighted by atomic mass is 10.0. The van der Waals surface area contributed by atoms with Crippen molar-refractivity contribution in [2.24, 2.45) is 0 Å². The third-order valence-corrected chi connectivity index (χ3v) is 2.96. The maximum absolute atomic E-state index is 11.0. The number of hydrogen-bond donors (Lipinski definition) is 1. The van der Waals surface area contributed by atoms with Gasteiger partial charge in [-0.25, -0.2) is 0 Å². The van der Waals surface area contributed by atoms with E-state index < -0.39 is 0 Å². The van der Waals surface area contributed by atoms with Gasteiger partial charge in [-0.2, -0.15) is 5.10 Å². The number of nitrogens with zero attached hydrogens (tertiary/aromatic N) is 1. The van der Waals surface area contributed by atoms with Crippen LogP contribution in [0.25, 0.3) is 11.3 Å². The van der Waals surface area contributed by atoms with Crippen LogP contribution in [-0.2, 0) is 0 Å². The van der Waals surface area contributed by atoms with Gasteiger partial charge in [0.1, 0.15) is 0 Å². The second kappa shape index (κ2) is 6.23. The first kappa shape index (κ1) is 14.1. The summed E-state index contributed by atoms with van der Waals surface area (Å²) in [5.41, 5.74) is 3.10. The van der Waals surface area contributed by atoms with E-state index >= 15 is 0 Å². The molecular formula is C15H18N2O3. The zero-order valence-corrected chi connectivity index (χ0v) is 11.9. The van der Waals surface area contributed by atoms with Gasteiger partial charge < -0.3 is 9.47 Å². The predicted molar refractivity (Wildman–Crippen MR) is 76.5 cm³/mol. The first-order valence-corrected chi connectivity index (χ1v) is 6.60. The van der Waals surface area contributed by atoms with Gasteiger partial charge in [-0.15, -0.1) is 0 Å². The topological polar surface area (TPSA) is 64.2 Å². The number of nitrogens with one attached hydrogen (secondary N) is 1. The minimum Gasteiger partial charge on any atom is -0.490 e. The third kappa shape index (κ3) is 2.66. The van der Waals surface area contributed by atoms with Gasteiger partial charge in [-0.05, 0) is 38.5 Å². The first-order valence-electron chi connectivity index (χ1n) is 6.60. The number of aromatic nitrogens is 2.